The Morgan fingerprint density at radius 3 is 2.53 bits per heavy atom. The number of ether oxygens (including phenoxy) is 1. The fourth-order valence-corrected chi connectivity index (χ4v) is 4.61. The second kappa shape index (κ2) is 13.0. The molecule has 0 aromatic heterocycles. The molecule has 0 spiro atoms. The van der Waals surface area contributed by atoms with Crippen LogP contribution in [-0.2, 0) is 4.79 Å². The first-order valence-electron chi connectivity index (χ1n) is 11.9. The first-order valence-corrected chi connectivity index (χ1v) is 13.3. The molecule has 2 aromatic rings. The number of benzene rings is 2. The maximum atomic E-state index is 12.5. The molecule has 1 fully saturated rings. The highest BCUT2D eigenvalue weighted by atomic mass is 32.2. The van der Waals surface area contributed by atoms with Gasteiger partial charge in [0.15, 0.2) is 0 Å². The summed E-state index contributed by atoms with van der Waals surface area (Å²) in [6, 6.07) is 17.5. The summed E-state index contributed by atoms with van der Waals surface area (Å²) < 4.78 is 5.89. The van der Waals surface area contributed by atoms with Gasteiger partial charge < -0.3 is 15.0 Å². The van der Waals surface area contributed by atoms with Gasteiger partial charge in [-0.25, -0.2) is 0 Å². The molecular weight excluding hydrogens is 442 g/mol. The van der Waals surface area contributed by atoms with Crippen molar-refractivity contribution in [2.24, 2.45) is 0 Å². The molecule has 5 nitrogen and oxygen atoms in total. The summed E-state index contributed by atoms with van der Waals surface area (Å²) in [5, 5.41) is 12.4. The molecule has 3 rings (SSSR count). The number of carbonyl (C=O) groups is 1. The van der Waals surface area contributed by atoms with E-state index in [1.165, 1.54) is 0 Å². The van der Waals surface area contributed by atoms with Crippen LogP contribution in [0.1, 0.15) is 38.7 Å². The molecule has 0 aliphatic carbocycles. The number of hydrogen-bond donors (Lipinski definition) is 2. The van der Waals surface area contributed by atoms with Gasteiger partial charge in [-0.1, -0.05) is 37.3 Å². The summed E-state index contributed by atoms with van der Waals surface area (Å²) in [5.41, 5.74) is 3.10. The van der Waals surface area contributed by atoms with Crippen LogP contribution in [0.5, 0.6) is 11.5 Å². The molecule has 1 aliphatic rings. The number of nitrogens with one attached hydrogen (secondary N) is 2. The number of hydrogen-bond acceptors (Lipinski definition) is 5. The van der Waals surface area contributed by atoms with Crippen LogP contribution in [0.25, 0.3) is 0 Å². The second-order valence-corrected chi connectivity index (χ2v) is 9.11. The van der Waals surface area contributed by atoms with Crippen LogP contribution >= 0.6 is 11.8 Å². The number of amides is 1. The maximum Gasteiger partial charge on any atom is 0.232 e. The second-order valence-electron chi connectivity index (χ2n) is 8.24. The van der Waals surface area contributed by atoms with Crippen molar-refractivity contribution in [3.05, 3.63) is 83.6 Å². The van der Waals surface area contributed by atoms with Crippen LogP contribution in [0.2, 0.25) is 0 Å². The smallest absolute Gasteiger partial charge is 0.232 e. The highest BCUT2D eigenvalue weighted by Gasteiger charge is 2.28. The van der Waals surface area contributed by atoms with Crippen LogP contribution in [-0.4, -0.2) is 47.7 Å². The number of allylic oxidation sites excluding steroid dienone is 3. The molecule has 1 amide bonds. The molecule has 6 heteroatoms. The van der Waals surface area contributed by atoms with Gasteiger partial charge >= 0.3 is 0 Å². The van der Waals surface area contributed by atoms with Crippen LogP contribution in [0.15, 0.2) is 78.0 Å². The average Bonchev–Trinajstić information content (AvgIpc) is 3.33. The maximum absolute atomic E-state index is 12.5. The largest absolute Gasteiger partial charge is 0.457 e. The predicted molar refractivity (Wildman–Crippen MR) is 143 cm³/mol. The van der Waals surface area contributed by atoms with E-state index in [4.69, 9.17) is 10.1 Å². The van der Waals surface area contributed by atoms with Gasteiger partial charge in [0, 0.05) is 36.0 Å². The van der Waals surface area contributed by atoms with E-state index in [2.05, 4.69) is 18.3 Å². The standard InChI is InChI=1S/C28H35N3O2S/c1-4-10-26(30-19-22-11-9-18-31(22)27(32)20-34-3)25(5-2)28(29)21-14-16-24(17-15-21)33-23-12-7-6-8-13-23/h5-8,10,12-17,22,29-30H,4,9,11,18-20H2,1-3H3/b25-5+,26-10+,29-28?/t22-/m0/s1. The molecular formula is C28H35N3O2S. The van der Waals surface area contributed by atoms with Crippen molar-refractivity contribution in [2.45, 2.75) is 39.2 Å². The van der Waals surface area contributed by atoms with Crippen molar-refractivity contribution in [3.8, 4) is 11.5 Å². The molecule has 2 N–H and O–H groups in total. The molecule has 1 heterocycles. The minimum absolute atomic E-state index is 0.196. The highest BCUT2D eigenvalue weighted by molar-refractivity contribution is 7.99. The van der Waals surface area contributed by atoms with E-state index in [9.17, 15) is 4.79 Å². The molecule has 180 valence electrons. The Morgan fingerprint density at radius 2 is 1.88 bits per heavy atom. The minimum Gasteiger partial charge on any atom is -0.457 e. The molecule has 0 saturated carbocycles. The third-order valence-corrected chi connectivity index (χ3v) is 6.41. The lowest BCUT2D eigenvalue weighted by atomic mass is 9.98. The van der Waals surface area contributed by atoms with E-state index in [1.807, 2.05) is 78.8 Å². The van der Waals surface area contributed by atoms with Gasteiger partial charge in [-0.3, -0.25) is 10.2 Å². The van der Waals surface area contributed by atoms with Crippen molar-refractivity contribution in [1.29, 1.82) is 5.41 Å². The van der Waals surface area contributed by atoms with Gasteiger partial charge in [0.2, 0.25) is 5.91 Å². The highest BCUT2D eigenvalue weighted by Crippen LogP contribution is 2.24. The van der Waals surface area contributed by atoms with Crippen molar-refractivity contribution in [2.75, 3.05) is 25.1 Å². The summed E-state index contributed by atoms with van der Waals surface area (Å²) in [4.78, 5) is 14.5. The van der Waals surface area contributed by atoms with E-state index >= 15 is 0 Å². The van der Waals surface area contributed by atoms with E-state index in [-0.39, 0.29) is 11.9 Å². The predicted octanol–water partition coefficient (Wildman–Crippen LogP) is 6.03. The zero-order chi connectivity index (χ0) is 24.3. The Morgan fingerprint density at radius 1 is 1.18 bits per heavy atom. The Bertz CT molecular complexity index is 1020. The quantitative estimate of drug-likeness (QED) is 0.306. The Labute approximate surface area is 207 Å². The molecule has 2 aromatic carbocycles. The molecule has 0 radical (unpaired) electrons. The SMILES string of the molecule is C/C=C(C(=N)c1ccc(Oc2ccccc2)cc1)\C(=C/CC)NC[C@@H]1CCCN1C(=O)CSC. The van der Waals surface area contributed by atoms with Gasteiger partial charge in [-0.2, -0.15) is 11.8 Å². The fourth-order valence-electron chi connectivity index (χ4n) is 4.20. The zero-order valence-electron chi connectivity index (χ0n) is 20.3. The minimum atomic E-state index is 0.196. The van der Waals surface area contributed by atoms with Gasteiger partial charge in [-0.05, 0) is 68.8 Å². The van der Waals surface area contributed by atoms with E-state index in [1.54, 1.807) is 11.8 Å². The van der Waals surface area contributed by atoms with Crippen LogP contribution in [0, 0.1) is 5.41 Å². The van der Waals surface area contributed by atoms with Gasteiger partial charge in [0.1, 0.15) is 11.5 Å². The topological polar surface area (TPSA) is 65.4 Å². The molecule has 1 saturated heterocycles. The number of nitrogens with zero attached hydrogens (tertiary/aromatic N) is 1. The monoisotopic (exact) mass is 477 g/mol. The van der Waals surface area contributed by atoms with Crippen LogP contribution in [0.4, 0.5) is 0 Å². The first-order chi connectivity index (χ1) is 16.6. The lowest BCUT2D eigenvalue weighted by molar-refractivity contribution is -0.129. The van der Waals surface area contributed by atoms with E-state index < -0.39 is 0 Å². The Hall–Kier alpha value is -2.99. The number of rotatable bonds is 11. The normalized spacial score (nSPS) is 16.4. The van der Waals surface area contributed by atoms with Gasteiger partial charge in [0.05, 0.1) is 11.5 Å². The number of carbonyl (C=O) groups excluding carboxylic acids is 1. The summed E-state index contributed by atoms with van der Waals surface area (Å²) in [5.74, 6) is 2.27. The third kappa shape index (κ3) is 6.76. The van der Waals surface area contributed by atoms with Crippen molar-refractivity contribution < 1.29 is 9.53 Å². The number of likely N-dealkylation sites (tertiary alicyclic amines) is 1. The molecule has 0 bridgehead atoms. The summed E-state index contributed by atoms with van der Waals surface area (Å²) in [6.07, 6.45) is 8.99. The number of thioether (sulfide) groups is 1. The molecule has 1 atom stereocenters. The van der Waals surface area contributed by atoms with Crippen molar-refractivity contribution in [3.63, 3.8) is 0 Å². The van der Waals surface area contributed by atoms with Crippen LogP contribution < -0.4 is 10.1 Å². The van der Waals surface area contributed by atoms with Crippen molar-refractivity contribution >= 4 is 23.4 Å². The summed E-state index contributed by atoms with van der Waals surface area (Å²) >= 11 is 1.57. The third-order valence-electron chi connectivity index (χ3n) is 5.87. The van der Waals surface area contributed by atoms with Gasteiger partial charge in [0.25, 0.3) is 0 Å². The average molecular weight is 478 g/mol. The van der Waals surface area contributed by atoms with E-state index in [0.717, 1.165) is 54.1 Å². The molecule has 34 heavy (non-hydrogen) atoms. The lowest BCUT2D eigenvalue weighted by Gasteiger charge is -2.26. The fraction of sp³-hybridized carbons (Fsp3) is 0.357. The number of para-hydroxylation sites is 1. The lowest BCUT2D eigenvalue weighted by Crippen LogP contribution is -2.42. The first kappa shape index (κ1) is 25.6. The van der Waals surface area contributed by atoms with Gasteiger partial charge in [-0.15, -0.1) is 0 Å². The summed E-state index contributed by atoms with van der Waals surface area (Å²) in [6.45, 7) is 5.59. The molecule has 1 aliphatic heterocycles. The molecule has 0 unspecified atom stereocenters. The van der Waals surface area contributed by atoms with E-state index in [0.29, 0.717) is 18.0 Å². The Kier molecular flexibility index (Phi) is 9.83. The Balaban J connectivity index is 1.68. The summed E-state index contributed by atoms with van der Waals surface area (Å²) in [7, 11) is 0. The van der Waals surface area contributed by atoms with Crippen LogP contribution in [0.3, 0.4) is 0 Å². The van der Waals surface area contributed by atoms with Crippen molar-refractivity contribution in [1.82, 2.24) is 10.2 Å². The zero-order valence-corrected chi connectivity index (χ0v) is 21.2.